The number of amides is 1. The second-order valence-electron chi connectivity index (χ2n) is 4.40. The third-order valence-corrected chi connectivity index (χ3v) is 1.82. The number of ether oxygens (including phenoxy) is 1. The predicted octanol–water partition coefficient (Wildman–Crippen LogP) is 1.20. The lowest BCUT2D eigenvalue weighted by Gasteiger charge is -2.22. The van der Waals surface area contributed by atoms with Crippen LogP contribution in [0.3, 0.4) is 0 Å². The van der Waals surface area contributed by atoms with E-state index < -0.39 is 17.8 Å². The molecule has 0 bridgehead atoms. The summed E-state index contributed by atoms with van der Waals surface area (Å²) in [6, 6.07) is -0.315. The lowest BCUT2D eigenvalue weighted by atomic mass is 10.2. The molecule has 0 heterocycles. The molecule has 4 nitrogen and oxygen atoms in total. The van der Waals surface area contributed by atoms with Crippen LogP contribution in [0.25, 0.3) is 0 Å². The van der Waals surface area contributed by atoms with Crippen LogP contribution in [0, 0.1) is 0 Å². The third-order valence-electron chi connectivity index (χ3n) is 1.82. The average molecular weight is 199 g/mol. The Kier molecular flexibility index (Phi) is 3.16. The van der Waals surface area contributed by atoms with Crippen molar-refractivity contribution in [3.8, 4) is 0 Å². The standard InChI is InChI=1S/C10H17NO3/c1-10(2,3)14-9(13)11-7-5-4-6-8(7)12/h4-5,7-8,12H,6H2,1-3H3,(H,11,13)/t7-,8-/m1/s1. The lowest BCUT2D eigenvalue weighted by molar-refractivity contribution is 0.0465. The number of carbonyl (C=O) groups excluding carboxylic acids is 1. The molecule has 0 fully saturated rings. The molecule has 0 spiro atoms. The smallest absolute Gasteiger partial charge is 0.408 e. The van der Waals surface area contributed by atoms with Gasteiger partial charge in [-0.05, 0) is 27.2 Å². The Morgan fingerprint density at radius 2 is 2.21 bits per heavy atom. The van der Waals surface area contributed by atoms with Crippen LogP contribution in [0.5, 0.6) is 0 Å². The van der Waals surface area contributed by atoms with Gasteiger partial charge in [0, 0.05) is 0 Å². The van der Waals surface area contributed by atoms with E-state index in [1.807, 2.05) is 6.08 Å². The Hall–Kier alpha value is -1.03. The molecular weight excluding hydrogens is 182 g/mol. The molecule has 80 valence electrons. The fourth-order valence-corrected chi connectivity index (χ4v) is 1.23. The summed E-state index contributed by atoms with van der Waals surface area (Å²) in [5.41, 5.74) is -0.503. The van der Waals surface area contributed by atoms with E-state index in [0.717, 1.165) is 0 Å². The van der Waals surface area contributed by atoms with Crippen LogP contribution in [0.4, 0.5) is 4.79 Å². The van der Waals surface area contributed by atoms with Crippen molar-refractivity contribution in [2.45, 2.75) is 44.9 Å². The molecule has 0 unspecified atom stereocenters. The van der Waals surface area contributed by atoms with Crippen molar-refractivity contribution in [1.82, 2.24) is 5.32 Å². The Morgan fingerprint density at radius 1 is 1.57 bits per heavy atom. The molecule has 1 rings (SSSR count). The molecule has 4 heteroatoms. The molecule has 1 amide bonds. The van der Waals surface area contributed by atoms with Gasteiger partial charge in [0.15, 0.2) is 0 Å². The first-order valence-corrected chi connectivity index (χ1v) is 4.73. The minimum absolute atomic E-state index is 0.315. The minimum atomic E-state index is -0.525. The van der Waals surface area contributed by atoms with Gasteiger partial charge in [-0.3, -0.25) is 0 Å². The highest BCUT2D eigenvalue weighted by molar-refractivity contribution is 5.68. The summed E-state index contributed by atoms with van der Waals surface area (Å²) >= 11 is 0. The summed E-state index contributed by atoms with van der Waals surface area (Å²) in [7, 11) is 0. The van der Waals surface area contributed by atoms with Crippen LogP contribution in [0.15, 0.2) is 12.2 Å². The SMILES string of the molecule is CC(C)(C)OC(=O)N[C@@H]1C=CC[C@H]1O. The maximum absolute atomic E-state index is 11.3. The van der Waals surface area contributed by atoms with E-state index in [1.54, 1.807) is 26.8 Å². The van der Waals surface area contributed by atoms with Crippen LogP contribution >= 0.6 is 0 Å². The van der Waals surface area contributed by atoms with Crippen molar-refractivity contribution in [1.29, 1.82) is 0 Å². The minimum Gasteiger partial charge on any atom is -0.444 e. The predicted molar refractivity (Wildman–Crippen MR) is 52.9 cm³/mol. The Morgan fingerprint density at radius 3 is 2.64 bits per heavy atom. The number of rotatable bonds is 1. The molecule has 0 aromatic carbocycles. The van der Waals surface area contributed by atoms with Crippen molar-refractivity contribution < 1.29 is 14.6 Å². The number of aliphatic hydroxyl groups excluding tert-OH is 1. The van der Waals surface area contributed by atoms with Crippen molar-refractivity contribution in [3.05, 3.63) is 12.2 Å². The lowest BCUT2D eigenvalue weighted by Crippen LogP contribution is -2.42. The number of alkyl carbamates (subject to hydrolysis) is 1. The molecule has 0 saturated heterocycles. The molecule has 2 N–H and O–H groups in total. The molecule has 1 aliphatic rings. The van der Waals surface area contributed by atoms with Crippen LogP contribution in [0.2, 0.25) is 0 Å². The monoisotopic (exact) mass is 199 g/mol. The van der Waals surface area contributed by atoms with Gasteiger partial charge in [-0.15, -0.1) is 0 Å². The highest BCUT2D eigenvalue weighted by atomic mass is 16.6. The summed E-state index contributed by atoms with van der Waals surface area (Å²) in [6.07, 6.45) is 3.18. The second-order valence-corrected chi connectivity index (χ2v) is 4.40. The average Bonchev–Trinajstić information content (AvgIpc) is 2.32. The molecule has 14 heavy (non-hydrogen) atoms. The van der Waals surface area contributed by atoms with Gasteiger partial charge in [0.2, 0.25) is 0 Å². The fraction of sp³-hybridized carbons (Fsp3) is 0.700. The Bertz CT molecular complexity index is 242. The summed E-state index contributed by atoms with van der Waals surface area (Å²) in [5, 5.41) is 12.0. The number of hydrogen-bond acceptors (Lipinski definition) is 3. The summed E-state index contributed by atoms with van der Waals surface area (Å²) in [4.78, 5) is 11.3. The van der Waals surface area contributed by atoms with Crippen LogP contribution < -0.4 is 5.32 Å². The maximum Gasteiger partial charge on any atom is 0.408 e. The highest BCUT2D eigenvalue weighted by Crippen LogP contribution is 2.12. The number of nitrogens with one attached hydrogen (secondary N) is 1. The molecule has 0 radical (unpaired) electrons. The van der Waals surface area contributed by atoms with Gasteiger partial charge >= 0.3 is 6.09 Å². The topological polar surface area (TPSA) is 58.6 Å². The van der Waals surface area contributed by atoms with E-state index in [9.17, 15) is 9.90 Å². The van der Waals surface area contributed by atoms with Crippen molar-refractivity contribution in [2.75, 3.05) is 0 Å². The first-order chi connectivity index (χ1) is 6.38. The molecule has 0 aliphatic heterocycles. The molecule has 0 saturated carbocycles. The molecular formula is C10H17NO3. The van der Waals surface area contributed by atoms with E-state index in [2.05, 4.69) is 5.32 Å². The Balaban J connectivity index is 2.37. The molecule has 2 atom stereocenters. The van der Waals surface area contributed by atoms with E-state index in [4.69, 9.17) is 4.74 Å². The second kappa shape index (κ2) is 4.00. The van der Waals surface area contributed by atoms with Crippen molar-refractivity contribution >= 4 is 6.09 Å². The number of carbonyl (C=O) groups is 1. The summed E-state index contributed by atoms with van der Waals surface area (Å²) < 4.78 is 5.05. The number of hydrogen-bond donors (Lipinski definition) is 2. The highest BCUT2D eigenvalue weighted by Gasteiger charge is 2.24. The zero-order valence-corrected chi connectivity index (χ0v) is 8.78. The largest absolute Gasteiger partial charge is 0.444 e. The van der Waals surface area contributed by atoms with Gasteiger partial charge in [-0.1, -0.05) is 12.2 Å². The van der Waals surface area contributed by atoms with E-state index in [1.165, 1.54) is 0 Å². The molecule has 0 aromatic heterocycles. The van der Waals surface area contributed by atoms with Gasteiger partial charge in [0.05, 0.1) is 12.1 Å². The van der Waals surface area contributed by atoms with E-state index in [-0.39, 0.29) is 6.04 Å². The van der Waals surface area contributed by atoms with Crippen LogP contribution in [0.1, 0.15) is 27.2 Å². The van der Waals surface area contributed by atoms with E-state index in [0.29, 0.717) is 6.42 Å². The van der Waals surface area contributed by atoms with Gasteiger partial charge < -0.3 is 15.2 Å². The maximum atomic E-state index is 11.3. The van der Waals surface area contributed by atoms with Crippen molar-refractivity contribution in [3.63, 3.8) is 0 Å². The zero-order chi connectivity index (χ0) is 10.8. The third kappa shape index (κ3) is 3.38. The first kappa shape index (κ1) is 11.0. The summed E-state index contributed by atoms with van der Waals surface area (Å²) in [5.74, 6) is 0. The van der Waals surface area contributed by atoms with Gasteiger partial charge in [-0.2, -0.15) is 0 Å². The normalized spacial score (nSPS) is 26.3. The number of aliphatic hydroxyl groups is 1. The van der Waals surface area contributed by atoms with Crippen molar-refractivity contribution in [2.24, 2.45) is 0 Å². The van der Waals surface area contributed by atoms with Gasteiger partial charge in [-0.25, -0.2) is 4.79 Å². The molecule has 1 aliphatic carbocycles. The molecule has 0 aromatic rings. The Labute approximate surface area is 83.9 Å². The van der Waals surface area contributed by atoms with Crippen LogP contribution in [-0.2, 0) is 4.74 Å². The van der Waals surface area contributed by atoms with E-state index >= 15 is 0 Å². The van der Waals surface area contributed by atoms with Gasteiger partial charge in [0.25, 0.3) is 0 Å². The quantitative estimate of drug-likeness (QED) is 0.624. The zero-order valence-electron chi connectivity index (χ0n) is 8.78. The van der Waals surface area contributed by atoms with Gasteiger partial charge in [0.1, 0.15) is 5.60 Å². The van der Waals surface area contributed by atoms with Crippen LogP contribution in [-0.4, -0.2) is 28.9 Å². The summed E-state index contributed by atoms with van der Waals surface area (Å²) in [6.45, 7) is 5.40. The fourth-order valence-electron chi connectivity index (χ4n) is 1.23. The first-order valence-electron chi connectivity index (χ1n) is 4.73.